The van der Waals surface area contributed by atoms with Crippen LogP contribution in [-0.4, -0.2) is 57.9 Å². The summed E-state index contributed by atoms with van der Waals surface area (Å²) in [7, 11) is 2.16. The monoisotopic (exact) mass is 527 g/mol. The molecule has 1 N–H and O–H groups in total. The first kappa shape index (κ1) is 24.5. The zero-order valence-corrected chi connectivity index (χ0v) is 22.5. The molecule has 1 aliphatic rings. The average molecular weight is 528 g/mol. The van der Waals surface area contributed by atoms with Crippen molar-refractivity contribution in [3.63, 3.8) is 0 Å². The van der Waals surface area contributed by atoms with E-state index in [1.165, 1.54) is 23.5 Å². The van der Waals surface area contributed by atoms with Crippen molar-refractivity contribution in [1.82, 2.24) is 24.6 Å². The van der Waals surface area contributed by atoms with Crippen molar-refractivity contribution in [2.24, 2.45) is 0 Å². The number of nitrogens with one attached hydrogen (secondary N) is 1. The lowest BCUT2D eigenvalue weighted by Crippen LogP contribution is -2.44. The summed E-state index contributed by atoms with van der Waals surface area (Å²) in [6.45, 7) is 8.17. The first-order valence-corrected chi connectivity index (χ1v) is 13.7. The number of aromatic nitrogens is 4. The Morgan fingerprint density at radius 2 is 1.63 bits per heavy atom. The number of hydrogen-bond acceptors (Lipinski definition) is 7. The third-order valence-electron chi connectivity index (χ3n) is 6.96. The molecule has 0 spiro atoms. The summed E-state index contributed by atoms with van der Waals surface area (Å²) in [6, 6.07) is 21.2. The van der Waals surface area contributed by atoms with Crippen LogP contribution in [0.5, 0.6) is 0 Å². The molecule has 0 unspecified atom stereocenters. The molecule has 7 nitrogen and oxygen atoms in total. The molecule has 0 saturated carbocycles. The standard InChI is InChI=1S/C29H30FN7S/c1-19(2)37-26-18-25(36-15-13-35(3)14-16-36)23(17-24(26)31-27(37)20-9-11-22(30)12-10-20)32-29-34-33-28(38-29)21-7-5-4-6-8-21/h4-12,17-19H,13-16H2,1-3H3,(H,32,34). The van der Waals surface area contributed by atoms with Crippen molar-refractivity contribution in [2.45, 2.75) is 19.9 Å². The van der Waals surface area contributed by atoms with E-state index in [1.807, 2.05) is 30.3 Å². The van der Waals surface area contributed by atoms with Crippen LogP contribution in [0.2, 0.25) is 0 Å². The molecule has 3 heterocycles. The third-order valence-corrected chi connectivity index (χ3v) is 7.84. The fourth-order valence-electron chi connectivity index (χ4n) is 4.95. The molecule has 2 aromatic heterocycles. The number of hydrogen-bond donors (Lipinski definition) is 1. The number of nitrogens with zero attached hydrogens (tertiary/aromatic N) is 6. The van der Waals surface area contributed by atoms with E-state index >= 15 is 0 Å². The minimum Gasteiger partial charge on any atom is -0.367 e. The van der Waals surface area contributed by atoms with Gasteiger partial charge < -0.3 is 19.7 Å². The van der Waals surface area contributed by atoms with Crippen LogP contribution in [-0.2, 0) is 0 Å². The number of likely N-dealkylation sites (N-methyl/N-ethyl adjacent to an activating group) is 1. The van der Waals surface area contributed by atoms with Crippen LogP contribution >= 0.6 is 11.3 Å². The molecule has 0 aliphatic carbocycles. The molecule has 3 aromatic carbocycles. The summed E-state index contributed by atoms with van der Waals surface area (Å²) in [6.07, 6.45) is 0. The Balaban J connectivity index is 1.45. The number of imidazole rings is 1. The van der Waals surface area contributed by atoms with E-state index in [0.717, 1.165) is 75.7 Å². The largest absolute Gasteiger partial charge is 0.367 e. The molecule has 0 bridgehead atoms. The van der Waals surface area contributed by atoms with Crippen molar-refractivity contribution in [1.29, 1.82) is 0 Å². The SMILES string of the molecule is CC(C)n1c(-c2ccc(F)cc2)nc2cc(Nc3nnc(-c4ccccc4)s3)c(N3CCN(C)CC3)cc21. The molecule has 0 amide bonds. The van der Waals surface area contributed by atoms with Gasteiger partial charge in [-0.25, -0.2) is 9.37 Å². The lowest BCUT2D eigenvalue weighted by molar-refractivity contribution is 0.313. The second-order valence-electron chi connectivity index (χ2n) is 9.96. The van der Waals surface area contributed by atoms with Gasteiger partial charge in [-0.2, -0.15) is 0 Å². The highest BCUT2D eigenvalue weighted by atomic mass is 32.1. The predicted octanol–water partition coefficient (Wildman–Crippen LogP) is 6.44. The van der Waals surface area contributed by atoms with Crippen molar-refractivity contribution in [3.05, 3.63) is 72.5 Å². The third kappa shape index (κ3) is 4.75. The van der Waals surface area contributed by atoms with Crippen LogP contribution < -0.4 is 10.2 Å². The molecular weight excluding hydrogens is 497 g/mol. The molecule has 9 heteroatoms. The van der Waals surface area contributed by atoms with Gasteiger partial charge in [0.1, 0.15) is 16.6 Å². The van der Waals surface area contributed by atoms with Crippen molar-refractivity contribution in [3.8, 4) is 22.0 Å². The molecule has 0 radical (unpaired) electrons. The second-order valence-corrected chi connectivity index (χ2v) is 10.9. The van der Waals surface area contributed by atoms with Crippen molar-refractivity contribution < 1.29 is 4.39 Å². The second kappa shape index (κ2) is 10.2. The highest BCUT2D eigenvalue weighted by molar-refractivity contribution is 7.18. The van der Waals surface area contributed by atoms with Gasteiger partial charge in [0.05, 0.1) is 22.4 Å². The topological polar surface area (TPSA) is 62.1 Å². The minimum absolute atomic E-state index is 0.177. The van der Waals surface area contributed by atoms with E-state index < -0.39 is 0 Å². The van der Waals surface area contributed by atoms with E-state index in [2.05, 4.69) is 62.9 Å². The highest BCUT2D eigenvalue weighted by Gasteiger charge is 2.23. The van der Waals surface area contributed by atoms with Gasteiger partial charge >= 0.3 is 0 Å². The zero-order chi connectivity index (χ0) is 26.2. The van der Waals surface area contributed by atoms with E-state index in [1.54, 1.807) is 12.1 Å². The summed E-state index contributed by atoms with van der Waals surface area (Å²) in [4.78, 5) is 9.81. The van der Waals surface area contributed by atoms with E-state index in [4.69, 9.17) is 4.98 Å². The Hall–Kier alpha value is -3.82. The van der Waals surface area contributed by atoms with Crippen LogP contribution in [0.3, 0.4) is 0 Å². The maximum Gasteiger partial charge on any atom is 0.210 e. The number of benzene rings is 3. The lowest BCUT2D eigenvalue weighted by Gasteiger charge is -2.35. The van der Waals surface area contributed by atoms with Gasteiger partial charge in [0, 0.05) is 43.3 Å². The van der Waals surface area contributed by atoms with Gasteiger partial charge in [-0.05, 0) is 57.3 Å². The molecular formula is C29H30FN7S. The van der Waals surface area contributed by atoms with Crippen LogP contribution in [0.1, 0.15) is 19.9 Å². The van der Waals surface area contributed by atoms with Gasteiger partial charge in [0.2, 0.25) is 5.13 Å². The molecule has 1 aliphatic heterocycles. The van der Waals surface area contributed by atoms with Gasteiger partial charge in [0.25, 0.3) is 0 Å². The summed E-state index contributed by atoms with van der Waals surface area (Å²) < 4.78 is 15.9. The van der Waals surface area contributed by atoms with Crippen molar-refractivity contribution >= 4 is 38.9 Å². The number of rotatable bonds is 6. The maximum atomic E-state index is 13.7. The molecule has 5 aromatic rings. The summed E-state index contributed by atoms with van der Waals surface area (Å²) in [5, 5.41) is 14.0. The summed E-state index contributed by atoms with van der Waals surface area (Å²) in [5.41, 5.74) is 5.95. The van der Waals surface area contributed by atoms with Crippen LogP contribution in [0.15, 0.2) is 66.7 Å². The van der Waals surface area contributed by atoms with E-state index in [9.17, 15) is 4.39 Å². The summed E-state index contributed by atoms with van der Waals surface area (Å²) in [5.74, 6) is 0.579. The van der Waals surface area contributed by atoms with Crippen LogP contribution in [0.4, 0.5) is 20.9 Å². The number of anilines is 3. The quantitative estimate of drug-likeness (QED) is 0.274. The number of halogens is 1. The van der Waals surface area contributed by atoms with Gasteiger partial charge in [-0.1, -0.05) is 41.7 Å². The van der Waals surface area contributed by atoms with Gasteiger partial charge in [-0.3, -0.25) is 0 Å². The average Bonchev–Trinajstić information content (AvgIpc) is 3.54. The Labute approximate surface area is 225 Å². The molecule has 1 fully saturated rings. The molecule has 0 atom stereocenters. The van der Waals surface area contributed by atoms with E-state index in [0.29, 0.717) is 0 Å². The maximum absolute atomic E-state index is 13.7. The van der Waals surface area contributed by atoms with Crippen molar-refractivity contribution in [2.75, 3.05) is 43.4 Å². The smallest absolute Gasteiger partial charge is 0.210 e. The Kier molecular flexibility index (Phi) is 6.55. The lowest BCUT2D eigenvalue weighted by atomic mass is 10.1. The fraction of sp³-hybridized carbons (Fsp3) is 0.276. The molecule has 6 rings (SSSR count). The fourth-order valence-corrected chi connectivity index (χ4v) is 5.71. The van der Waals surface area contributed by atoms with Gasteiger partial charge in [-0.15, -0.1) is 10.2 Å². The normalized spacial score (nSPS) is 14.5. The molecule has 1 saturated heterocycles. The first-order valence-electron chi connectivity index (χ1n) is 12.9. The van der Waals surface area contributed by atoms with Gasteiger partial charge in [0.15, 0.2) is 0 Å². The Morgan fingerprint density at radius 3 is 2.34 bits per heavy atom. The van der Waals surface area contributed by atoms with E-state index in [-0.39, 0.29) is 11.9 Å². The Bertz CT molecular complexity index is 1550. The highest BCUT2D eigenvalue weighted by Crippen LogP contribution is 2.38. The minimum atomic E-state index is -0.253. The van der Waals surface area contributed by atoms with Crippen LogP contribution in [0.25, 0.3) is 33.0 Å². The van der Waals surface area contributed by atoms with Crippen LogP contribution in [0, 0.1) is 5.82 Å². The first-order chi connectivity index (χ1) is 18.5. The zero-order valence-electron chi connectivity index (χ0n) is 21.7. The Morgan fingerprint density at radius 1 is 0.895 bits per heavy atom. The molecule has 38 heavy (non-hydrogen) atoms. The predicted molar refractivity (Wildman–Crippen MR) is 154 cm³/mol. The summed E-state index contributed by atoms with van der Waals surface area (Å²) >= 11 is 1.53. The molecule has 194 valence electrons. The number of piperazine rings is 1. The number of fused-ring (bicyclic) bond motifs is 1.